The van der Waals surface area contributed by atoms with Crippen LogP contribution in [0, 0.1) is 0 Å². The molecule has 2 rings (SSSR count). The number of rotatable bonds is 1. The second-order valence-electron chi connectivity index (χ2n) is 2.30. The Morgan fingerprint density at radius 2 is 2.27 bits per heavy atom. The van der Waals surface area contributed by atoms with Crippen LogP contribution in [0.1, 0.15) is 5.56 Å². The van der Waals surface area contributed by atoms with E-state index in [2.05, 4.69) is 0 Å². The van der Waals surface area contributed by atoms with Crippen LogP contribution in [0.25, 0.3) is 0 Å². The summed E-state index contributed by atoms with van der Waals surface area (Å²) in [7, 11) is 0. The molecule has 0 unspecified atom stereocenters. The zero-order chi connectivity index (χ0) is 7.68. The molecule has 0 aliphatic carbocycles. The van der Waals surface area contributed by atoms with Crippen molar-refractivity contribution in [3.05, 3.63) is 23.8 Å². The number of benzene rings is 1. The predicted molar refractivity (Wildman–Crippen MR) is 43.9 cm³/mol. The number of para-hydroxylation sites is 1. The maximum Gasteiger partial charge on any atom is 0.231 e. The van der Waals surface area contributed by atoms with Crippen molar-refractivity contribution in [3.63, 3.8) is 0 Å². The average molecular weight is 167 g/mol. The van der Waals surface area contributed by atoms with Crippen LogP contribution in [-0.2, 0) is 5.75 Å². The minimum atomic E-state index is 0.321. The molecule has 1 aromatic carbocycles. The van der Waals surface area contributed by atoms with E-state index in [9.17, 15) is 0 Å². The topological polar surface area (TPSA) is 18.5 Å². The molecule has 1 radical (unpaired) electrons. The lowest BCUT2D eigenvalue weighted by Gasteiger charge is -1.99. The minimum Gasteiger partial charge on any atom is -0.454 e. The van der Waals surface area contributed by atoms with Gasteiger partial charge in [-0.05, 0) is 6.07 Å². The summed E-state index contributed by atoms with van der Waals surface area (Å²) in [5.41, 5.74) is 1.04. The van der Waals surface area contributed by atoms with E-state index in [0.717, 1.165) is 17.1 Å². The number of hydrogen-bond acceptors (Lipinski definition) is 2. The first-order chi connectivity index (χ1) is 5.42. The third-order valence-electron chi connectivity index (χ3n) is 1.63. The zero-order valence-electron chi connectivity index (χ0n) is 5.87. The van der Waals surface area contributed by atoms with Crippen LogP contribution in [0.5, 0.6) is 11.5 Å². The standard InChI is InChI=1S/C8H7O2S/c11-4-6-2-1-3-7-8(6)10-5-9-7/h1-3H,4-5H2. The van der Waals surface area contributed by atoms with Gasteiger partial charge in [0.1, 0.15) is 0 Å². The number of hydrogen-bond donors (Lipinski definition) is 0. The van der Waals surface area contributed by atoms with Gasteiger partial charge in [-0.2, -0.15) is 0 Å². The molecule has 0 saturated heterocycles. The van der Waals surface area contributed by atoms with Crippen molar-refractivity contribution in [2.75, 3.05) is 6.79 Å². The summed E-state index contributed by atoms with van der Waals surface area (Å²) in [5, 5.41) is 0. The van der Waals surface area contributed by atoms with Gasteiger partial charge in [-0.3, -0.25) is 0 Å². The van der Waals surface area contributed by atoms with E-state index in [4.69, 9.17) is 22.1 Å². The molecule has 0 aromatic heterocycles. The predicted octanol–water partition coefficient (Wildman–Crippen LogP) is 2.11. The van der Waals surface area contributed by atoms with Crippen molar-refractivity contribution in [1.29, 1.82) is 0 Å². The van der Waals surface area contributed by atoms with Crippen LogP contribution in [0.3, 0.4) is 0 Å². The van der Waals surface area contributed by atoms with E-state index in [-0.39, 0.29) is 0 Å². The molecule has 3 heteroatoms. The van der Waals surface area contributed by atoms with Gasteiger partial charge in [0.2, 0.25) is 6.79 Å². The Morgan fingerprint density at radius 1 is 1.36 bits per heavy atom. The summed E-state index contributed by atoms with van der Waals surface area (Å²) in [6.07, 6.45) is 0. The Labute approximate surface area is 70.5 Å². The fourth-order valence-electron chi connectivity index (χ4n) is 1.10. The summed E-state index contributed by atoms with van der Waals surface area (Å²) >= 11 is 4.92. The van der Waals surface area contributed by atoms with Gasteiger partial charge >= 0.3 is 0 Å². The van der Waals surface area contributed by atoms with Crippen molar-refractivity contribution in [2.45, 2.75) is 5.75 Å². The Morgan fingerprint density at radius 3 is 3.09 bits per heavy atom. The van der Waals surface area contributed by atoms with E-state index in [1.807, 2.05) is 18.2 Å². The Balaban J connectivity index is 2.50. The second-order valence-corrected chi connectivity index (χ2v) is 2.58. The first-order valence-electron chi connectivity index (χ1n) is 3.37. The van der Waals surface area contributed by atoms with Gasteiger partial charge in [0.05, 0.1) is 0 Å². The molecular weight excluding hydrogens is 160 g/mol. The smallest absolute Gasteiger partial charge is 0.231 e. The first kappa shape index (κ1) is 6.85. The molecule has 11 heavy (non-hydrogen) atoms. The van der Waals surface area contributed by atoms with Crippen LogP contribution in [0.15, 0.2) is 18.2 Å². The molecule has 0 fully saturated rings. The lowest BCUT2D eigenvalue weighted by Crippen LogP contribution is -1.93. The first-order valence-corrected chi connectivity index (χ1v) is 3.95. The van der Waals surface area contributed by atoms with Crippen LogP contribution in [0.2, 0.25) is 0 Å². The molecule has 0 spiro atoms. The van der Waals surface area contributed by atoms with Gasteiger partial charge in [-0.25, -0.2) is 0 Å². The van der Waals surface area contributed by atoms with Gasteiger partial charge in [0, 0.05) is 11.3 Å². The van der Waals surface area contributed by atoms with Gasteiger partial charge in [-0.1, -0.05) is 24.8 Å². The lowest BCUT2D eigenvalue weighted by molar-refractivity contribution is 0.173. The molecular formula is C8H7O2S. The molecule has 1 aliphatic rings. The average Bonchev–Trinajstić information content (AvgIpc) is 2.50. The number of fused-ring (bicyclic) bond motifs is 1. The van der Waals surface area contributed by atoms with Crippen LogP contribution in [-0.4, -0.2) is 6.79 Å². The van der Waals surface area contributed by atoms with E-state index < -0.39 is 0 Å². The highest BCUT2D eigenvalue weighted by Gasteiger charge is 2.15. The second kappa shape index (κ2) is 2.66. The summed E-state index contributed by atoms with van der Waals surface area (Å²) in [5.74, 6) is 2.21. The lowest BCUT2D eigenvalue weighted by atomic mass is 10.2. The Bertz CT molecular complexity index is 273. The molecule has 57 valence electrons. The van der Waals surface area contributed by atoms with Gasteiger partial charge in [-0.15, -0.1) is 0 Å². The minimum absolute atomic E-state index is 0.321. The highest BCUT2D eigenvalue weighted by molar-refractivity contribution is 7.79. The van der Waals surface area contributed by atoms with Crippen LogP contribution in [0.4, 0.5) is 0 Å². The zero-order valence-corrected chi connectivity index (χ0v) is 6.69. The molecule has 0 amide bonds. The Hall–Kier alpha value is -0.830. The normalized spacial score (nSPS) is 13.5. The molecule has 0 saturated carbocycles. The summed E-state index contributed by atoms with van der Waals surface area (Å²) < 4.78 is 10.4. The summed E-state index contributed by atoms with van der Waals surface area (Å²) in [4.78, 5) is 0. The van der Waals surface area contributed by atoms with Gasteiger partial charge in [0.15, 0.2) is 11.5 Å². The number of ether oxygens (including phenoxy) is 2. The fraction of sp³-hybridized carbons (Fsp3) is 0.250. The molecule has 2 nitrogen and oxygen atoms in total. The summed E-state index contributed by atoms with van der Waals surface area (Å²) in [6.45, 7) is 0.321. The SMILES string of the molecule is [S]Cc1cccc2c1OCO2. The van der Waals surface area contributed by atoms with Crippen LogP contribution < -0.4 is 9.47 Å². The largest absolute Gasteiger partial charge is 0.454 e. The van der Waals surface area contributed by atoms with E-state index >= 15 is 0 Å². The van der Waals surface area contributed by atoms with Crippen LogP contribution >= 0.6 is 12.6 Å². The van der Waals surface area contributed by atoms with Crippen molar-refractivity contribution in [2.24, 2.45) is 0 Å². The van der Waals surface area contributed by atoms with Crippen molar-refractivity contribution in [1.82, 2.24) is 0 Å². The maximum atomic E-state index is 5.23. The Kier molecular flexibility index (Phi) is 1.66. The quantitative estimate of drug-likeness (QED) is 0.637. The van der Waals surface area contributed by atoms with Crippen molar-refractivity contribution >= 4 is 12.6 Å². The molecule has 0 bridgehead atoms. The molecule has 0 N–H and O–H groups in total. The molecule has 1 heterocycles. The van der Waals surface area contributed by atoms with Gasteiger partial charge < -0.3 is 9.47 Å². The van der Waals surface area contributed by atoms with E-state index in [0.29, 0.717) is 12.5 Å². The molecule has 1 aliphatic heterocycles. The van der Waals surface area contributed by atoms with Crippen molar-refractivity contribution in [3.8, 4) is 11.5 Å². The van der Waals surface area contributed by atoms with Gasteiger partial charge in [0.25, 0.3) is 0 Å². The fourth-order valence-corrected chi connectivity index (χ4v) is 1.33. The third-order valence-corrected chi connectivity index (χ3v) is 1.94. The third kappa shape index (κ3) is 1.05. The summed E-state index contributed by atoms with van der Waals surface area (Å²) in [6, 6.07) is 5.77. The molecule has 0 atom stereocenters. The van der Waals surface area contributed by atoms with E-state index in [1.165, 1.54) is 0 Å². The maximum absolute atomic E-state index is 5.23. The monoisotopic (exact) mass is 167 g/mol. The highest BCUT2D eigenvalue weighted by atomic mass is 32.1. The van der Waals surface area contributed by atoms with Crippen molar-refractivity contribution < 1.29 is 9.47 Å². The highest BCUT2D eigenvalue weighted by Crippen LogP contribution is 2.35. The van der Waals surface area contributed by atoms with E-state index in [1.54, 1.807) is 0 Å². The molecule has 1 aromatic rings.